The van der Waals surface area contributed by atoms with Gasteiger partial charge in [0, 0.05) is 12.7 Å². The molecule has 108 valence electrons. The van der Waals surface area contributed by atoms with Gasteiger partial charge in [-0.15, -0.1) is 0 Å². The van der Waals surface area contributed by atoms with Crippen LogP contribution in [0, 0.1) is 0 Å². The average Bonchev–Trinajstić information content (AvgIpc) is 2.69. The van der Waals surface area contributed by atoms with E-state index < -0.39 is 29.8 Å². The second-order valence-corrected chi connectivity index (χ2v) is 4.27. The largest absolute Gasteiger partial charge is 0.447 e. The van der Waals surface area contributed by atoms with Crippen LogP contribution < -0.4 is 5.32 Å². The maximum absolute atomic E-state index is 12.4. The number of amides is 2. The summed E-state index contributed by atoms with van der Waals surface area (Å²) in [5, 5.41) is 2.43. The monoisotopic (exact) mass is 288 g/mol. The van der Waals surface area contributed by atoms with Gasteiger partial charge in [0.15, 0.2) is 0 Å². The van der Waals surface area contributed by atoms with E-state index >= 15 is 0 Å². The summed E-state index contributed by atoms with van der Waals surface area (Å²) in [6, 6.07) is 3.26. The molecule has 1 aliphatic rings. The van der Waals surface area contributed by atoms with Gasteiger partial charge >= 0.3 is 12.3 Å². The first kappa shape index (κ1) is 14.2. The zero-order chi connectivity index (χ0) is 14.9. The molecule has 0 aromatic heterocycles. The van der Waals surface area contributed by atoms with Crippen molar-refractivity contribution in [2.24, 2.45) is 0 Å². The molecule has 2 rings (SSSR count). The standard InChI is InChI=1S/C12H11F3N2O3/c1-17-9(6-20-11(17)19)10(18)16-8-4-2-7(3-5-8)12(13,14)15/h2-5,9H,6H2,1H3,(H,16,18). The molecule has 0 spiro atoms. The van der Waals surface area contributed by atoms with Crippen molar-refractivity contribution in [1.29, 1.82) is 0 Å². The molecule has 1 aliphatic heterocycles. The number of nitrogens with zero attached hydrogens (tertiary/aromatic N) is 1. The predicted octanol–water partition coefficient (Wildman–Crippen LogP) is 2.09. The fraction of sp³-hybridized carbons (Fsp3) is 0.333. The number of hydrogen-bond acceptors (Lipinski definition) is 3. The molecule has 1 atom stereocenters. The van der Waals surface area contributed by atoms with Crippen molar-refractivity contribution >= 4 is 17.7 Å². The fourth-order valence-electron chi connectivity index (χ4n) is 1.71. The lowest BCUT2D eigenvalue weighted by atomic mass is 10.2. The van der Waals surface area contributed by atoms with E-state index in [1.54, 1.807) is 0 Å². The second kappa shape index (κ2) is 5.03. The molecule has 2 amide bonds. The summed E-state index contributed by atoms with van der Waals surface area (Å²) in [4.78, 5) is 24.1. The predicted molar refractivity (Wildman–Crippen MR) is 63.0 cm³/mol. The summed E-state index contributed by atoms with van der Waals surface area (Å²) in [5.74, 6) is -0.516. The van der Waals surface area contributed by atoms with E-state index in [1.807, 2.05) is 0 Å². The van der Waals surface area contributed by atoms with Crippen LogP contribution >= 0.6 is 0 Å². The zero-order valence-electron chi connectivity index (χ0n) is 10.4. The molecule has 8 heteroatoms. The number of likely N-dealkylation sites (N-methyl/N-ethyl adjacent to an activating group) is 1. The van der Waals surface area contributed by atoms with Gasteiger partial charge in [-0.05, 0) is 24.3 Å². The topological polar surface area (TPSA) is 58.6 Å². The molecule has 0 bridgehead atoms. The number of halogens is 3. The summed E-state index contributed by atoms with van der Waals surface area (Å²) in [5.41, 5.74) is -0.581. The molecule has 1 fully saturated rings. The Morgan fingerprint density at radius 1 is 1.35 bits per heavy atom. The van der Waals surface area contributed by atoms with Gasteiger partial charge in [-0.2, -0.15) is 13.2 Å². The Morgan fingerprint density at radius 3 is 2.40 bits per heavy atom. The lowest BCUT2D eigenvalue weighted by Gasteiger charge is -2.16. The van der Waals surface area contributed by atoms with Gasteiger partial charge in [-0.25, -0.2) is 4.79 Å². The normalized spacial score (nSPS) is 18.9. The quantitative estimate of drug-likeness (QED) is 0.906. The van der Waals surface area contributed by atoms with Crippen molar-refractivity contribution < 1.29 is 27.5 Å². The molecular weight excluding hydrogens is 277 g/mol. The van der Waals surface area contributed by atoms with Gasteiger partial charge < -0.3 is 10.1 Å². The van der Waals surface area contributed by atoms with E-state index in [-0.39, 0.29) is 12.3 Å². The first-order chi connectivity index (χ1) is 9.29. The highest BCUT2D eigenvalue weighted by Crippen LogP contribution is 2.29. The maximum atomic E-state index is 12.4. The molecule has 1 aromatic carbocycles. The molecule has 1 heterocycles. The van der Waals surface area contributed by atoms with Crippen LogP contribution in [0.1, 0.15) is 5.56 Å². The van der Waals surface area contributed by atoms with Crippen LogP contribution in [-0.4, -0.2) is 36.6 Å². The number of rotatable bonds is 2. The molecule has 20 heavy (non-hydrogen) atoms. The van der Waals surface area contributed by atoms with Crippen molar-refractivity contribution in [2.45, 2.75) is 12.2 Å². The van der Waals surface area contributed by atoms with Crippen molar-refractivity contribution in [2.75, 3.05) is 19.0 Å². The van der Waals surface area contributed by atoms with E-state index in [4.69, 9.17) is 0 Å². The number of anilines is 1. The zero-order valence-corrected chi connectivity index (χ0v) is 10.4. The van der Waals surface area contributed by atoms with Gasteiger partial charge in [-0.1, -0.05) is 0 Å². The van der Waals surface area contributed by atoms with Crippen molar-refractivity contribution in [3.05, 3.63) is 29.8 Å². The van der Waals surface area contributed by atoms with Crippen LogP contribution in [0.2, 0.25) is 0 Å². The van der Waals surface area contributed by atoms with Crippen LogP contribution in [-0.2, 0) is 15.7 Å². The van der Waals surface area contributed by atoms with Crippen molar-refractivity contribution in [3.8, 4) is 0 Å². The number of hydrogen-bond donors (Lipinski definition) is 1. The van der Waals surface area contributed by atoms with E-state index in [1.165, 1.54) is 7.05 Å². The van der Waals surface area contributed by atoms with Crippen LogP contribution in [0.4, 0.5) is 23.7 Å². The number of benzene rings is 1. The van der Waals surface area contributed by atoms with Gasteiger partial charge in [0.05, 0.1) is 5.56 Å². The molecular formula is C12H11F3N2O3. The molecule has 1 saturated heterocycles. The van der Waals surface area contributed by atoms with Crippen LogP contribution in [0.15, 0.2) is 24.3 Å². The van der Waals surface area contributed by atoms with E-state index in [9.17, 15) is 22.8 Å². The number of carbonyl (C=O) groups is 2. The summed E-state index contributed by atoms with van der Waals surface area (Å²) < 4.78 is 41.8. The Bertz CT molecular complexity index is 528. The SMILES string of the molecule is CN1C(=O)OCC1C(=O)Nc1ccc(C(F)(F)F)cc1. The first-order valence-corrected chi connectivity index (χ1v) is 5.67. The summed E-state index contributed by atoms with van der Waals surface area (Å²) >= 11 is 0. The highest BCUT2D eigenvalue weighted by molar-refractivity contribution is 5.97. The summed E-state index contributed by atoms with van der Waals surface area (Å²) in [6.45, 7) is -0.0815. The number of cyclic esters (lactones) is 1. The third-order valence-electron chi connectivity index (χ3n) is 2.90. The Balaban J connectivity index is 2.04. The Labute approximate surface area is 112 Å². The lowest BCUT2D eigenvalue weighted by molar-refractivity contribution is -0.137. The average molecular weight is 288 g/mol. The minimum atomic E-state index is -4.42. The second-order valence-electron chi connectivity index (χ2n) is 4.27. The molecule has 0 saturated carbocycles. The van der Waals surface area contributed by atoms with Gasteiger partial charge in [-0.3, -0.25) is 9.69 Å². The lowest BCUT2D eigenvalue weighted by Crippen LogP contribution is -2.40. The van der Waals surface area contributed by atoms with Gasteiger partial charge in [0.2, 0.25) is 0 Å². The minimum absolute atomic E-state index is 0.0815. The first-order valence-electron chi connectivity index (χ1n) is 5.67. The van der Waals surface area contributed by atoms with Crippen molar-refractivity contribution in [3.63, 3.8) is 0 Å². The van der Waals surface area contributed by atoms with Crippen molar-refractivity contribution in [1.82, 2.24) is 4.90 Å². The molecule has 5 nitrogen and oxygen atoms in total. The fourth-order valence-corrected chi connectivity index (χ4v) is 1.71. The summed E-state index contributed by atoms with van der Waals surface area (Å²) in [6.07, 6.45) is -5.04. The smallest absolute Gasteiger partial charge is 0.416 e. The highest BCUT2D eigenvalue weighted by atomic mass is 19.4. The third kappa shape index (κ3) is 2.84. The highest BCUT2D eigenvalue weighted by Gasteiger charge is 2.35. The van der Waals surface area contributed by atoms with Crippen LogP contribution in [0.5, 0.6) is 0 Å². The molecule has 1 unspecified atom stereocenters. The molecule has 0 radical (unpaired) electrons. The molecule has 0 aliphatic carbocycles. The van der Waals surface area contributed by atoms with E-state index in [0.29, 0.717) is 0 Å². The number of nitrogens with one attached hydrogen (secondary N) is 1. The Hall–Kier alpha value is -2.25. The maximum Gasteiger partial charge on any atom is 0.416 e. The van der Waals surface area contributed by atoms with Gasteiger partial charge in [0.25, 0.3) is 5.91 Å². The van der Waals surface area contributed by atoms with Crippen LogP contribution in [0.3, 0.4) is 0 Å². The number of carbonyl (C=O) groups excluding carboxylic acids is 2. The number of ether oxygens (including phenoxy) is 1. The van der Waals surface area contributed by atoms with E-state index in [0.717, 1.165) is 29.2 Å². The summed E-state index contributed by atoms with van der Waals surface area (Å²) in [7, 11) is 1.41. The minimum Gasteiger partial charge on any atom is -0.447 e. The number of alkyl halides is 3. The van der Waals surface area contributed by atoms with E-state index in [2.05, 4.69) is 10.1 Å². The van der Waals surface area contributed by atoms with Crippen LogP contribution in [0.25, 0.3) is 0 Å². The Morgan fingerprint density at radius 2 is 1.95 bits per heavy atom. The Kier molecular flexibility index (Phi) is 3.56. The molecule has 1 N–H and O–H groups in total. The van der Waals surface area contributed by atoms with Gasteiger partial charge in [0.1, 0.15) is 12.6 Å². The molecule has 1 aromatic rings. The third-order valence-corrected chi connectivity index (χ3v) is 2.90.